The number of piperidine rings is 4. The summed E-state index contributed by atoms with van der Waals surface area (Å²) in [4.78, 5) is 113. The number of hydrogen-bond acceptors (Lipinski definition) is 17. The van der Waals surface area contributed by atoms with Crippen LogP contribution in [0.3, 0.4) is 0 Å². The van der Waals surface area contributed by atoms with Crippen molar-refractivity contribution in [3.05, 3.63) is 283 Å². The molecule has 22 nitrogen and oxygen atoms in total. The van der Waals surface area contributed by atoms with Crippen LogP contribution in [0, 0.1) is 12.8 Å². The van der Waals surface area contributed by atoms with Crippen LogP contribution in [0.1, 0.15) is 212 Å². The molecule has 3 spiro atoms. The maximum absolute atomic E-state index is 13.3. The summed E-state index contributed by atoms with van der Waals surface area (Å²) in [5.74, 6) is 5.46. The summed E-state index contributed by atoms with van der Waals surface area (Å²) < 4.78 is 41.3. The van der Waals surface area contributed by atoms with E-state index in [0.717, 1.165) is 337 Å². The van der Waals surface area contributed by atoms with Gasteiger partial charge >= 0.3 is 0 Å². The van der Waals surface area contributed by atoms with E-state index in [1.54, 1.807) is 28.1 Å². The summed E-state index contributed by atoms with van der Waals surface area (Å²) in [5, 5.41) is 3.98. The molecule has 0 radical (unpaired) electrons. The molecule has 24 heteroatoms. The number of aromatic nitrogens is 4. The van der Waals surface area contributed by atoms with Crippen molar-refractivity contribution >= 4 is 128 Å². The van der Waals surface area contributed by atoms with E-state index in [1.807, 2.05) is 214 Å². The number of likely N-dealkylation sites (tertiary alicyclic amines) is 4. The lowest BCUT2D eigenvalue weighted by atomic mass is 9.82. The maximum Gasteiger partial charge on any atom is 0.231 e. The van der Waals surface area contributed by atoms with Gasteiger partial charge in [-0.3, -0.25) is 38.4 Å². The minimum atomic E-state index is -0.357. The zero-order valence-electron chi connectivity index (χ0n) is 80.3. The van der Waals surface area contributed by atoms with Crippen molar-refractivity contribution in [3.63, 3.8) is 0 Å². The Bertz CT molecular complexity index is 6810. The van der Waals surface area contributed by atoms with Gasteiger partial charge in [-0.25, -0.2) is 0 Å². The molecule has 0 unspecified atom stereocenters. The molecule has 9 aliphatic rings. The van der Waals surface area contributed by atoms with E-state index in [-0.39, 0.29) is 75.2 Å². The van der Waals surface area contributed by atoms with Crippen LogP contribution < -0.4 is 28.6 Å². The zero-order chi connectivity index (χ0) is 96.2. The smallest absolute Gasteiger partial charge is 0.231 e. The van der Waals surface area contributed by atoms with Gasteiger partial charge in [-0.1, -0.05) is 133 Å². The lowest BCUT2D eigenvalue weighted by molar-refractivity contribution is -0.118. The minimum Gasteiger partial charge on any atom is -0.495 e. The van der Waals surface area contributed by atoms with Gasteiger partial charge in [0.25, 0.3) is 0 Å². The predicted octanol–water partition coefficient (Wildman–Crippen LogP) is 22.0. The average Bonchev–Trinajstić information content (AvgIpc) is 1.50. The summed E-state index contributed by atoms with van der Waals surface area (Å²) in [5.41, 5.74) is 12.8. The second-order valence-corrected chi connectivity index (χ2v) is 41.1. The summed E-state index contributed by atoms with van der Waals surface area (Å²) >= 11 is 7.34. The molecule has 5 fully saturated rings. The molecular weight excluding hydrogens is 1880 g/mol. The lowest BCUT2D eigenvalue weighted by Gasteiger charge is -2.44. The highest BCUT2D eigenvalue weighted by molar-refractivity contribution is 9.11. The fourth-order valence-corrected chi connectivity index (χ4v) is 24.0. The fourth-order valence-electron chi connectivity index (χ4n) is 22.8. The molecule has 4 aromatic heterocycles. The van der Waals surface area contributed by atoms with E-state index >= 15 is 0 Å². The Morgan fingerprint density at radius 3 is 1.28 bits per heavy atom. The highest BCUT2D eigenvalue weighted by Gasteiger charge is 2.47. The molecule has 8 aliphatic heterocycles. The highest BCUT2D eigenvalue weighted by atomic mass is 79.9. The average molecular weight is 2000 g/mol. The van der Waals surface area contributed by atoms with Gasteiger partial charge in [0.15, 0.2) is 40.5 Å². The van der Waals surface area contributed by atoms with Crippen LogP contribution in [-0.4, -0.2) is 200 Å². The monoisotopic (exact) mass is 2000 g/mol. The Hall–Kier alpha value is -11.9. The standard InChI is InChI=1S/C33H35N3O3.C29H32N2O4.C27H29BrN2O3.C26H27BrN2O3/c1-39-31-14-7-12-27-28(30(37)21-24-9-3-2-4-10-24)23-35(33(27)31)18-8-17-34-19-15-26(16-20-34)36-29-13-6-5-11-25(29)22-32(36)38;1-34-26-9-4-7-21-23(28(33)20-10-11-20)19-31(27(21)26)15-5-14-30-16-12-29(13-17-30)18-24(32)22-6-2-3-8-25(22)35-29;1-18-25(19(2)31)21-8-5-9-22(28)26(21)30(18)14-6-13-29-15-11-27(12-16-29)17-23(32)20-7-3-4-10-24(20)33-27;1-18(30)21-17-29(25-19(21)7-4-8-22(25)27)13-5-12-28-14-10-26(11-15-28)16-23(31)20-6-2-3-9-24(20)32-26/h2-7,9-14,23,26H,8,15-22H2,1H3;2-4,6-9,19-20H,5,10-18H2,1H3;3-5,7-10H,6,11-17H2,1-2H3;2-4,6-9,17H,5,10-16H2,1H3. The van der Waals surface area contributed by atoms with Gasteiger partial charge in [-0.2, -0.15) is 0 Å². The van der Waals surface area contributed by atoms with E-state index < -0.39 is 0 Å². The number of carbonyl (C=O) groups is 8. The van der Waals surface area contributed by atoms with Gasteiger partial charge in [0.05, 0.1) is 78.7 Å². The Labute approximate surface area is 829 Å². The Morgan fingerprint density at radius 1 is 0.403 bits per heavy atom. The molecule has 13 aromatic rings. The molecule has 1 saturated carbocycles. The number of anilines is 1. The van der Waals surface area contributed by atoms with Crippen LogP contribution in [0.25, 0.3) is 43.6 Å². The number of ketones is 7. The normalized spacial score (nSPS) is 17.8. The molecule has 720 valence electrons. The maximum atomic E-state index is 13.3. The van der Waals surface area contributed by atoms with Crippen LogP contribution in [0.15, 0.2) is 228 Å². The number of halogens is 2. The van der Waals surface area contributed by atoms with Gasteiger partial charge in [0, 0.05) is 218 Å². The summed E-state index contributed by atoms with van der Waals surface area (Å²) in [7, 11) is 3.37. The van der Waals surface area contributed by atoms with E-state index in [4.69, 9.17) is 23.7 Å². The molecule has 0 atom stereocenters. The van der Waals surface area contributed by atoms with Gasteiger partial charge in [-0.15, -0.1) is 0 Å². The predicted molar refractivity (Wildman–Crippen MR) is 551 cm³/mol. The first kappa shape index (κ1) is 96.0. The molecule has 0 bridgehead atoms. The number of aryl methyl sites for hydroxylation is 4. The molecule has 1 amide bonds. The number of nitrogens with zero attached hydrogens (tertiary/aromatic N) is 9. The lowest BCUT2D eigenvalue weighted by Crippen LogP contribution is -2.51. The van der Waals surface area contributed by atoms with Crippen molar-refractivity contribution in [2.24, 2.45) is 5.92 Å². The van der Waals surface area contributed by atoms with Crippen molar-refractivity contribution in [2.75, 3.05) is 97.7 Å². The quantitative estimate of drug-likeness (QED) is 0.0460. The number of amides is 1. The second kappa shape index (κ2) is 41.9. The van der Waals surface area contributed by atoms with Gasteiger partial charge in [-0.05, 0) is 208 Å². The first-order valence-corrected chi connectivity index (χ1v) is 51.3. The second-order valence-electron chi connectivity index (χ2n) is 39.4. The topological polar surface area (TPSA) is 219 Å². The van der Waals surface area contributed by atoms with Gasteiger partial charge < -0.3 is 66.5 Å². The Morgan fingerprint density at radius 2 is 0.806 bits per heavy atom. The zero-order valence-corrected chi connectivity index (χ0v) is 83.4. The summed E-state index contributed by atoms with van der Waals surface area (Å²) in [6.45, 7) is 20.2. The minimum absolute atomic E-state index is 0.0942. The first-order valence-electron chi connectivity index (χ1n) is 49.8. The van der Waals surface area contributed by atoms with Crippen molar-refractivity contribution < 1.29 is 62.0 Å². The van der Waals surface area contributed by atoms with Gasteiger partial charge in [0.2, 0.25) is 5.91 Å². The Kier molecular flexibility index (Phi) is 28.9. The van der Waals surface area contributed by atoms with E-state index in [1.165, 1.54) is 0 Å². The first-order chi connectivity index (χ1) is 67.5. The van der Waals surface area contributed by atoms with Crippen molar-refractivity contribution in [1.29, 1.82) is 0 Å². The number of benzene rings is 9. The van der Waals surface area contributed by atoms with Crippen molar-refractivity contribution in [1.82, 2.24) is 37.9 Å². The number of para-hydroxylation sites is 8. The highest BCUT2D eigenvalue weighted by Crippen LogP contribution is 2.46. The Balaban J connectivity index is 0.000000119. The third-order valence-electron chi connectivity index (χ3n) is 30.3. The number of carbonyl (C=O) groups excluding carboxylic acids is 8. The molecule has 0 N–H and O–H groups in total. The SMILES string of the molecule is CC(=O)c1c(C)n(CCCN2CCC3(CC2)CC(=O)c2ccccc2O3)c2c(Br)cccc12.CC(=O)c1cn(CCCN2CCC3(CC2)CC(=O)c2ccccc2O3)c2c(Br)cccc12.COc1cccc2c(C(=O)C3CC3)cn(CCCN3CCC4(CC3)CC(=O)c3ccccc3O4)c12.COc1cccc2c(C(=O)Cc3ccccc3)cn(CCCN3CCC(N4C(=O)Cc5ccccc54)CC3)c12. The molecule has 22 rings (SSSR count). The van der Waals surface area contributed by atoms with Crippen molar-refractivity contribution in [3.8, 4) is 28.7 Å². The summed E-state index contributed by atoms with van der Waals surface area (Å²) in [6.07, 6.45) is 21.6. The van der Waals surface area contributed by atoms with E-state index in [0.29, 0.717) is 32.1 Å². The molecule has 1 aliphatic carbocycles. The number of rotatable bonds is 26. The number of Topliss-reactive ketones (excluding diaryl/α,β-unsaturated/α-hetero) is 7. The molecule has 4 saturated heterocycles. The van der Waals surface area contributed by atoms with Crippen LogP contribution in [0.2, 0.25) is 0 Å². The van der Waals surface area contributed by atoms with Crippen LogP contribution in [0.5, 0.6) is 28.7 Å². The molecule has 139 heavy (non-hydrogen) atoms. The molecule has 12 heterocycles. The fraction of sp³-hybridized carbons (Fsp3) is 0.391. The summed E-state index contributed by atoms with van der Waals surface area (Å²) in [6, 6.07) is 65.2. The third-order valence-corrected chi connectivity index (χ3v) is 31.6. The van der Waals surface area contributed by atoms with Crippen LogP contribution in [-0.2, 0) is 43.8 Å². The molecular formula is C115H123Br2N9O13. The molecule has 9 aromatic carbocycles. The van der Waals surface area contributed by atoms with Crippen LogP contribution in [0.4, 0.5) is 5.69 Å². The number of ether oxygens (including phenoxy) is 5. The van der Waals surface area contributed by atoms with E-state index in [2.05, 4.69) is 86.8 Å². The van der Waals surface area contributed by atoms with E-state index in [9.17, 15) is 38.4 Å². The van der Waals surface area contributed by atoms with Crippen molar-refractivity contribution in [2.45, 2.75) is 192 Å². The number of fused-ring (bicyclic) bond motifs is 8. The third kappa shape index (κ3) is 20.6. The number of hydrogen-bond donors (Lipinski definition) is 0. The van der Waals surface area contributed by atoms with Crippen LogP contribution >= 0.6 is 31.9 Å². The number of methoxy groups -OCH3 is 2. The van der Waals surface area contributed by atoms with Gasteiger partial charge in [0.1, 0.15) is 45.6 Å². The largest absolute Gasteiger partial charge is 0.495 e.